The number of nitrogens with one attached hydrogen (secondary N) is 1. The number of aromatic nitrogens is 3. The lowest BCUT2D eigenvalue weighted by Crippen LogP contribution is -2.30. The molecule has 8 heteroatoms. The average Bonchev–Trinajstić information content (AvgIpc) is 3.54. The van der Waals surface area contributed by atoms with Crippen LogP contribution in [0.1, 0.15) is 29.2 Å². The number of pyridine rings is 2. The quantitative estimate of drug-likeness (QED) is 0.238. The molecule has 0 aliphatic carbocycles. The first-order chi connectivity index (χ1) is 19.1. The van der Waals surface area contributed by atoms with Gasteiger partial charge >= 0.3 is 0 Å². The van der Waals surface area contributed by atoms with Gasteiger partial charge in [-0.25, -0.2) is 0 Å². The van der Waals surface area contributed by atoms with Crippen molar-refractivity contribution >= 4 is 23.0 Å². The summed E-state index contributed by atoms with van der Waals surface area (Å²) in [6.07, 6.45) is 5.48. The number of anilines is 1. The first-order valence-electron chi connectivity index (χ1n) is 12.6. The van der Waals surface area contributed by atoms with Gasteiger partial charge in [0, 0.05) is 29.5 Å². The van der Waals surface area contributed by atoms with E-state index in [1.165, 1.54) is 0 Å². The van der Waals surface area contributed by atoms with Gasteiger partial charge in [-0.3, -0.25) is 9.97 Å². The summed E-state index contributed by atoms with van der Waals surface area (Å²) in [5.74, 6) is 2.25. The van der Waals surface area contributed by atoms with Crippen LogP contribution in [0.15, 0.2) is 110 Å². The highest BCUT2D eigenvalue weighted by atomic mass is 32.1. The van der Waals surface area contributed by atoms with Crippen molar-refractivity contribution in [1.29, 1.82) is 0 Å². The smallest absolute Gasteiger partial charge is 0.174 e. The molecule has 0 amide bonds. The predicted octanol–water partition coefficient (Wildman–Crippen LogP) is 6.55. The zero-order chi connectivity index (χ0) is 26.8. The van der Waals surface area contributed by atoms with Gasteiger partial charge in [-0.2, -0.15) is 0 Å². The molecule has 0 radical (unpaired) electrons. The van der Waals surface area contributed by atoms with Crippen molar-refractivity contribution in [1.82, 2.24) is 19.9 Å². The fourth-order valence-corrected chi connectivity index (χ4v) is 5.36. The molecule has 0 bridgehead atoms. The van der Waals surface area contributed by atoms with E-state index in [2.05, 4.69) is 49.9 Å². The molecule has 0 saturated carbocycles. The number of hydrogen-bond acceptors (Lipinski definition) is 5. The molecule has 39 heavy (non-hydrogen) atoms. The number of ether oxygens (including phenoxy) is 2. The van der Waals surface area contributed by atoms with Gasteiger partial charge in [0.2, 0.25) is 0 Å². The molecular weight excluding hydrogens is 506 g/mol. The Bertz CT molecular complexity index is 1570. The van der Waals surface area contributed by atoms with Gasteiger partial charge in [0.1, 0.15) is 23.3 Å². The minimum Gasteiger partial charge on any atom is -0.497 e. The van der Waals surface area contributed by atoms with Gasteiger partial charge in [0.15, 0.2) is 5.11 Å². The second-order valence-electron chi connectivity index (χ2n) is 9.21. The van der Waals surface area contributed by atoms with Crippen LogP contribution < -0.4 is 19.7 Å². The van der Waals surface area contributed by atoms with Crippen LogP contribution in [0.5, 0.6) is 17.2 Å². The Morgan fingerprint density at radius 3 is 2.21 bits per heavy atom. The van der Waals surface area contributed by atoms with Crippen LogP contribution >= 0.6 is 12.2 Å². The zero-order valence-electron chi connectivity index (χ0n) is 21.6. The summed E-state index contributed by atoms with van der Waals surface area (Å²) < 4.78 is 13.5. The third-order valence-corrected chi connectivity index (χ3v) is 7.14. The molecular formula is C31H27N5O2S. The van der Waals surface area contributed by atoms with E-state index in [0.29, 0.717) is 5.11 Å². The Morgan fingerprint density at radius 1 is 0.795 bits per heavy atom. The van der Waals surface area contributed by atoms with Crippen LogP contribution in [-0.4, -0.2) is 26.8 Å². The maximum atomic E-state index is 6.06. The average molecular weight is 534 g/mol. The molecule has 2 atom stereocenters. The summed E-state index contributed by atoms with van der Waals surface area (Å²) in [5.41, 5.74) is 5.06. The lowest BCUT2D eigenvalue weighted by atomic mass is 10.0. The van der Waals surface area contributed by atoms with E-state index < -0.39 is 0 Å². The Kier molecular flexibility index (Phi) is 6.69. The predicted molar refractivity (Wildman–Crippen MR) is 156 cm³/mol. The van der Waals surface area contributed by atoms with Crippen LogP contribution in [0, 0.1) is 6.92 Å². The number of benzene rings is 2. The minimum absolute atomic E-state index is 0.154. The molecule has 1 aliphatic heterocycles. The molecule has 6 rings (SSSR count). The molecule has 3 aromatic heterocycles. The van der Waals surface area contributed by atoms with Gasteiger partial charge in [-0.1, -0.05) is 6.07 Å². The lowest BCUT2D eigenvalue weighted by Gasteiger charge is -2.29. The Labute approximate surface area is 232 Å². The summed E-state index contributed by atoms with van der Waals surface area (Å²) in [6, 6.07) is 29.4. The summed E-state index contributed by atoms with van der Waals surface area (Å²) in [7, 11) is 1.65. The molecule has 194 valence electrons. The monoisotopic (exact) mass is 533 g/mol. The topological polar surface area (TPSA) is 64.4 Å². The van der Waals surface area contributed by atoms with Gasteiger partial charge < -0.3 is 24.3 Å². The molecule has 1 N–H and O–H groups in total. The van der Waals surface area contributed by atoms with Crippen molar-refractivity contribution in [3.63, 3.8) is 0 Å². The van der Waals surface area contributed by atoms with Crippen LogP contribution in [0.2, 0.25) is 0 Å². The molecule has 1 fully saturated rings. The number of rotatable bonds is 7. The van der Waals surface area contributed by atoms with Crippen molar-refractivity contribution in [2.75, 3.05) is 12.0 Å². The number of thiocarbonyl (C=S) groups is 1. The Morgan fingerprint density at radius 2 is 1.54 bits per heavy atom. The summed E-state index contributed by atoms with van der Waals surface area (Å²) >= 11 is 5.93. The molecule has 7 nitrogen and oxygen atoms in total. The van der Waals surface area contributed by atoms with Crippen molar-refractivity contribution in [3.05, 3.63) is 127 Å². The first kappa shape index (κ1) is 24.6. The largest absolute Gasteiger partial charge is 0.497 e. The zero-order valence-corrected chi connectivity index (χ0v) is 22.4. The van der Waals surface area contributed by atoms with Gasteiger partial charge in [-0.15, -0.1) is 0 Å². The molecule has 1 aliphatic rings. The van der Waals surface area contributed by atoms with Crippen LogP contribution in [0.4, 0.5) is 5.69 Å². The highest BCUT2D eigenvalue weighted by Crippen LogP contribution is 2.43. The van der Waals surface area contributed by atoms with Crippen LogP contribution in [0.3, 0.4) is 0 Å². The van der Waals surface area contributed by atoms with E-state index in [0.717, 1.165) is 45.7 Å². The number of hydrogen-bond donors (Lipinski definition) is 1. The summed E-state index contributed by atoms with van der Waals surface area (Å²) in [4.78, 5) is 11.2. The third-order valence-electron chi connectivity index (χ3n) is 6.82. The summed E-state index contributed by atoms with van der Waals surface area (Å²) in [6.45, 7) is 2.10. The highest BCUT2D eigenvalue weighted by Gasteiger charge is 2.42. The third kappa shape index (κ3) is 4.82. The van der Waals surface area contributed by atoms with Crippen molar-refractivity contribution in [2.45, 2.75) is 19.0 Å². The first-order valence-corrected chi connectivity index (χ1v) is 13.0. The molecule has 4 heterocycles. The minimum atomic E-state index is -0.158. The molecule has 5 aromatic rings. The van der Waals surface area contributed by atoms with E-state index in [1.807, 2.05) is 85.2 Å². The maximum absolute atomic E-state index is 6.06. The van der Waals surface area contributed by atoms with Gasteiger partial charge in [0.05, 0.1) is 30.7 Å². The van der Waals surface area contributed by atoms with E-state index in [-0.39, 0.29) is 12.1 Å². The van der Waals surface area contributed by atoms with Crippen molar-refractivity contribution < 1.29 is 9.47 Å². The Hall–Kier alpha value is -4.69. The van der Waals surface area contributed by atoms with Crippen LogP contribution in [-0.2, 0) is 0 Å². The van der Waals surface area contributed by atoms with E-state index in [1.54, 1.807) is 13.3 Å². The van der Waals surface area contributed by atoms with E-state index in [9.17, 15) is 0 Å². The number of nitrogens with zero attached hydrogens (tertiary/aromatic N) is 4. The second-order valence-corrected chi connectivity index (χ2v) is 9.60. The Balaban J connectivity index is 1.38. The normalized spacial score (nSPS) is 16.7. The fraction of sp³-hybridized carbons (Fsp3) is 0.129. The SMILES string of the molecule is COc1ccc(Oc2ccc(N3C(=S)N[C@@H](c4ccccn4)[C@H]3c3ccc(C)n3-c3cccnc3)cc2)cc1. The van der Waals surface area contributed by atoms with Crippen LogP contribution in [0.25, 0.3) is 5.69 Å². The molecule has 1 saturated heterocycles. The number of methoxy groups -OCH3 is 1. The fourth-order valence-electron chi connectivity index (χ4n) is 5.02. The second kappa shape index (κ2) is 10.6. The summed E-state index contributed by atoms with van der Waals surface area (Å²) in [5, 5.41) is 4.18. The number of aryl methyl sites for hydroxylation is 1. The van der Waals surface area contributed by atoms with Crippen molar-refractivity contribution in [2.24, 2.45) is 0 Å². The van der Waals surface area contributed by atoms with Gasteiger partial charge in [-0.05, 0) is 104 Å². The lowest BCUT2D eigenvalue weighted by molar-refractivity contribution is 0.413. The molecule has 2 aromatic carbocycles. The van der Waals surface area contributed by atoms with Crippen molar-refractivity contribution in [3.8, 4) is 22.9 Å². The molecule has 0 unspecified atom stereocenters. The standard InChI is InChI=1S/C31H27N5O2S/c1-21-8-17-28(35(21)23-6-5-18-32-20-23)30-29(27-7-3-4-19-33-27)34-31(39)36(30)22-9-11-25(12-10-22)38-26-15-13-24(37-2)14-16-26/h3-20,29-30H,1-2H3,(H,34,39)/t29-,30+/m0/s1. The van der Waals surface area contributed by atoms with E-state index >= 15 is 0 Å². The highest BCUT2D eigenvalue weighted by molar-refractivity contribution is 7.80. The molecule has 0 spiro atoms. The van der Waals surface area contributed by atoms with E-state index in [4.69, 9.17) is 21.7 Å². The van der Waals surface area contributed by atoms with Gasteiger partial charge in [0.25, 0.3) is 0 Å². The maximum Gasteiger partial charge on any atom is 0.174 e.